The largest absolute Gasteiger partial charge is 0.378 e. The number of nitrogens with zero attached hydrogens (tertiary/aromatic N) is 2. The minimum Gasteiger partial charge on any atom is -0.378 e. The summed E-state index contributed by atoms with van der Waals surface area (Å²) in [5, 5.41) is 0. The van der Waals surface area contributed by atoms with Gasteiger partial charge in [-0.2, -0.15) is 17.4 Å². The topological polar surface area (TPSA) is 61.9 Å². The van der Waals surface area contributed by atoms with Crippen molar-refractivity contribution in [1.82, 2.24) is 13.9 Å². The van der Waals surface area contributed by atoms with Crippen LogP contribution < -0.4 is 4.72 Å². The predicted molar refractivity (Wildman–Crippen MR) is 124 cm³/mol. The van der Waals surface area contributed by atoms with Crippen molar-refractivity contribution in [2.24, 2.45) is 0 Å². The molecule has 1 aromatic carbocycles. The van der Waals surface area contributed by atoms with Crippen LogP contribution in [-0.2, 0) is 21.5 Å². The standard InChI is InChI=1S/C23H39N3O3S/c1-4-17-25(2)18-9-6-10-19-29-23-15-13-22(14-16-23)26(3)30(27,28)24-20-21-11-7-5-8-12-21/h4-5,7-8,11-12,22-24H,1,6,9-10,13-20H2,2-3H3/t22-,23-. The molecule has 0 aliphatic heterocycles. The smallest absolute Gasteiger partial charge is 0.279 e. The first-order valence-electron chi connectivity index (χ1n) is 11.1. The van der Waals surface area contributed by atoms with Crippen molar-refractivity contribution in [2.75, 3.05) is 33.8 Å². The van der Waals surface area contributed by atoms with Crippen LogP contribution in [-0.4, -0.2) is 63.6 Å². The summed E-state index contributed by atoms with van der Waals surface area (Å²) < 4.78 is 35.5. The average molecular weight is 438 g/mol. The first-order chi connectivity index (χ1) is 14.4. The summed E-state index contributed by atoms with van der Waals surface area (Å²) in [7, 11) is 0.317. The average Bonchev–Trinajstić information content (AvgIpc) is 2.75. The van der Waals surface area contributed by atoms with Crippen molar-refractivity contribution < 1.29 is 13.2 Å². The second kappa shape index (κ2) is 13.2. The van der Waals surface area contributed by atoms with E-state index in [0.717, 1.165) is 57.4 Å². The van der Waals surface area contributed by atoms with E-state index >= 15 is 0 Å². The molecule has 1 saturated carbocycles. The Bertz CT molecular complexity index is 704. The van der Waals surface area contributed by atoms with E-state index < -0.39 is 10.2 Å². The van der Waals surface area contributed by atoms with Gasteiger partial charge in [0, 0.05) is 32.8 Å². The highest BCUT2D eigenvalue weighted by Crippen LogP contribution is 2.26. The molecule has 1 N–H and O–H groups in total. The summed E-state index contributed by atoms with van der Waals surface area (Å²) >= 11 is 0. The van der Waals surface area contributed by atoms with Crippen LogP contribution in [0.1, 0.15) is 50.5 Å². The zero-order chi connectivity index (χ0) is 21.8. The van der Waals surface area contributed by atoms with Gasteiger partial charge in [0.15, 0.2) is 0 Å². The quantitative estimate of drug-likeness (QED) is 0.357. The number of hydrogen-bond acceptors (Lipinski definition) is 4. The van der Waals surface area contributed by atoms with Crippen LogP contribution >= 0.6 is 0 Å². The summed E-state index contributed by atoms with van der Waals surface area (Å²) in [4.78, 5) is 2.27. The van der Waals surface area contributed by atoms with E-state index in [-0.39, 0.29) is 12.1 Å². The predicted octanol–water partition coefficient (Wildman–Crippen LogP) is 3.57. The lowest BCUT2D eigenvalue weighted by molar-refractivity contribution is 0.0155. The van der Waals surface area contributed by atoms with Crippen molar-refractivity contribution >= 4 is 10.2 Å². The van der Waals surface area contributed by atoms with Gasteiger partial charge in [0.25, 0.3) is 10.2 Å². The molecule has 2 rings (SSSR count). The Balaban J connectivity index is 1.61. The summed E-state index contributed by atoms with van der Waals surface area (Å²) in [6.07, 6.45) is 9.17. The molecule has 0 radical (unpaired) electrons. The number of nitrogens with one attached hydrogen (secondary N) is 1. The minimum absolute atomic E-state index is 0.0403. The Kier molecular flexibility index (Phi) is 11.0. The fourth-order valence-corrected chi connectivity index (χ4v) is 5.02. The van der Waals surface area contributed by atoms with Gasteiger partial charge in [-0.15, -0.1) is 6.58 Å². The maximum Gasteiger partial charge on any atom is 0.279 e. The molecule has 0 atom stereocenters. The van der Waals surface area contributed by atoms with Gasteiger partial charge in [-0.3, -0.25) is 0 Å². The van der Waals surface area contributed by atoms with Crippen LogP contribution in [0.15, 0.2) is 43.0 Å². The molecule has 1 aromatic rings. The Morgan fingerprint density at radius 2 is 1.80 bits per heavy atom. The monoisotopic (exact) mass is 437 g/mol. The van der Waals surface area contributed by atoms with E-state index in [4.69, 9.17) is 4.74 Å². The number of benzene rings is 1. The Morgan fingerprint density at radius 1 is 1.10 bits per heavy atom. The maximum atomic E-state index is 12.6. The first kappa shape index (κ1) is 25.0. The van der Waals surface area contributed by atoms with Gasteiger partial charge in [0.1, 0.15) is 0 Å². The Hall–Kier alpha value is -1.25. The number of rotatable bonds is 14. The lowest BCUT2D eigenvalue weighted by Gasteiger charge is -2.34. The van der Waals surface area contributed by atoms with E-state index in [1.54, 1.807) is 7.05 Å². The highest BCUT2D eigenvalue weighted by Gasteiger charge is 2.30. The van der Waals surface area contributed by atoms with E-state index in [1.165, 1.54) is 17.1 Å². The van der Waals surface area contributed by atoms with Gasteiger partial charge in [-0.25, -0.2) is 0 Å². The Labute approximate surface area is 183 Å². The summed E-state index contributed by atoms with van der Waals surface area (Å²) in [6.45, 7) is 6.90. The van der Waals surface area contributed by atoms with Crippen LogP contribution in [0.2, 0.25) is 0 Å². The zero-order valence-electron chi connectivity index (χ0n) is 18.6. The zero-order valence-corrected chi connectivity index (χ0v) is 19.4. The molecule has 1 aliphatic carbocycles. The normalized spacial score (nSPS) is 20.0. The number of unbranched alkanes of at least 4 members (excludes halogenated alkanes) is 2. The first-order valence-corrected chi connectivity index (χ1v) is 12.5. The second-order valence-electron chi connectivity index (χ2n) is 8.24. The molecule has 0 bridgehead atoms. The third-order valence-corrected chi connectivity index (χ3v) is 7.38. The highest BCUT2D eigenvalue weighted by molar-refractivity contribution is 7.87. The van der Waals surface area contributed by atoms with Gasteiger partial charge >= 0.3 is 0 Å². The van der Waals surface area contributed by atoms with E-state index in [1.807, 2.05) is 36.4 Å². The fraction of sp³-hybridized carbons (Fsp3) is 0.652. The minimum atomic E-state index is -3.48. The summed E-state index contributed by atoms with van der Waals surface area (Å²) in [5.41, 5.74) is 0.957. The van der Waals surface area contributed by atoms with Gasteiger partial charge in [0.2, 0.25) is 0 Å². The van der Waals surface area contributed by atoms with Crippen molar-refractivity contribution in [3.8, 4) is 0 Å². The van der Waals surface area contributed by atoms with Crippen LogP contribution in [0.5, 0.6) is 0 Å². The molecule has 30 heavy (non-hydrogen) atoms. The lowest BCUT2D eigenvalue weighted by atomic mass is 9.93. The van der Waals surface area contributed by atoms with E-state index in [2.05, 4.69) is 23.2 Å². The molecular formula is C23H39N3O3S. The van der Waals surface area contributed by atoms with Gasteiger partial charge in [-0.05, 0) is 64.1 Å². The number of hydrogen-bond donors (Lipinski definition) is 1. The number of ether oxygens (including phenoxy) is 1. The van der Waals surface area contributed by atoms with Crippen molar-refractivity contribution in [3.63, 3.8) is 0 Å². The molecule has 0 heterocycles. The van der Waals surface area contributed by atoms with Gasteiger partial charge in [-0.1, -0.05) is 36.4 Å². The Morgan fingerprint density at radius 3 is 2.47 bits per heavy atom. The van der Waals surface area contributed by atoms with Gasteiger partial charge in [0.05, 0.1) is 6.10 Å². The maximum absolute atomic E-state index is 12.6. The van der Waals surface area contributed by atoms with E-state index in [9.17, 15) is 8.42 Å². The fourth-order valence-electron chi connectivity index (χ4n) is 3.87. The van der Waals surface area contributed by atoms with Crippen molar-refractivity contribution in [3.05, 3.63) is 48.6 Å². The van der Waals surface area contributed by atoms with E-state index in [0.29, 0.717) is 6.54 Å². The molecule has 6 nitrogen and oxygen atoms in total. The molecule has 170 valence electrons. The summed E-state index contributed by atoms with van der Waals surface area (Å²) in [6, 6.07) is 9.63. The van der Waals surface area contributed by atoms with Crippen LogP contribution in [0, 0.1) is 0 Å². The molecule has 0 saturated heterocycles. The third-order valence-electron chi connectivity index (χ3n) is 5.82. The van der Waals surface area contributed by atoms with Gasteiger partial charge < -0.3 is 9.64 Å². The highest BCUT2D eigenvalue weighted by atomic mass is 32.2. The van der Waals surface area contributed by atoms with Crippen LogP contribution in [0.4, 0.5) is 0 Å². The van der Waals surface area contributed by atoms with Crippen LogP contribution in [0.25, 0.3) is 0 Å². The molecule has 0 spiro atoms. The molecular weight excluding hydrogens is 398 g/mol. The summed E-state index contributed by atoms with van der Waals surface area (Å²) in [5.74, 6) is 0. The molecule has 1 fully saturated rings. The van der Waals surface area contributed by atoms with Crippen molar-refractivity contribution in [1.29, 1.82) is 0 Å². The second-order valence-corrected chi connectivity index (χ2v) is 10.1. The van der Waals surface area contributed by atoms with Crippen molar-refractivity contribution in [2.45, 2.75) is 63.6 Å². The molecule has 1 aliphatic rings. The lowest BCUT2D eigenvalue weighted by Crippen LogP contribution is -2.45. The molecule has 7 heteroatoms. The molecule has 0 unspecified atom stereocenters. The SMILES string of the molecule is C=CCN(C)CCCCCO[C@H]1CC[C@H](N(C)S(=O)(=O)NCc2ccccc2)CC1. The number of likely N-dealkylation sites (N-methyl/N-ethyl adjacent to an activating group) is 1. The molecule has 0 amide bonds. The van der Waals surface area contributed by atoms with Crippen LogP contribution in [0.3, 0.4) is 0 Å². The molecule has 0 aromatic heterocycles. The third kappa shape index (κ3) is 8.86.